The van der Waals surface area contributed by atoms with Gasteiger partial charge in [0.15, 0.2) is 0 Å². The number of nitrogens with zero attached hydrogens (tertiary/aromatic N) is 4. The van der Waals surface area contributed by atoms with Gasteiger partial charge in [-0.15, -0.1) is 0 Å². The van der Waals surface area contributed by atoms with Crippen LogP contribution < -0.4 is 20.1 Å². The molecule has 1 aliphatic heterocycles. The monoisotopic (exact) mass is 345 g/mol. The van der Waals surface area contributed by atoms with E-state index in [9.17, 15) is 0 Å². The zero-order valence-electron chi connectivity index (χ0n) is 13.6. The van der Waals surface area contributed by atoms with E-state index in [2.05, 4.69) is 29.9 Å². The van der Waals surface area contributed by atoms with Crippen molar-refractivity contribution >= 4 is 29.6 Å². The maximum atomic E-state index is 5.38. The van der Waals surface area contributed by atoms with E-state index in [1.165, 1.54) is 31.4 Å². The second kappa shape index (κ2) is 8.81. The van der Waals surface area contributed by atoms with Gasteiger partial charge in [0.25, 0.3) is 0 Å². The molecule has 0 saturated carbocycles. The van der Waals surface area contributed by atoms with Crippen molar-refractivity contribution in [3.8, 4) is 0 Å². The number of aromatic nitrogens is 3. The second-order valence-electron chi connectivity index (χ2n) is 5.84. The average molecular weight is 345 g/mol. The summed E-state index contributed by atoms with van der Waals surface area (Å²) < 4.78 is 3.12. The van der Waals surface area contributed by atoms with Crippen LogP contribution in [-0.4, -0.2) is 34.6 Å². The van der Waals surface area contributed by atoms with Gasteiger partial charge in [-0.25, -0.2) is 4.98 Å². The van der Waals surface area contributed by atoms with Gasteiger partial charge in [0.2, 0.25) is 5.95 Å². The Balaban J connectivity index is 1.55. The second-order valence-corrected chi connectivity index (χ2v) is 6.36. The number of nitrogens with one attached hydrogen (secondary N) is 2. The largest absolute Gasteiger partial charge is 0.356 e. The lowest BCUT2D eigenvalue weighted by molar-refractivity contribution is 0.382. The highest BCUT2D eigenvalue weighted by atomic mass is 32.2. The average Bonchev–Trinajstić information content (AvgIpc) is 2.64. The molecule has 4 N–H and O–H groups in total. The standard InChI is InChI=1S/C16H23N7S/c17-24-20-9-3-13-5-10-23(11-6-13)15-4-8-19-16(22-15)21-14-2-1-7-18-12-14/h1-2,4,7-8,12-13,20H,3,5-6,9-11,17H2,(H,19,21,22). The lowest BCUT2D eigenvalue weighted by Crippen LogP contribution is -2.35. The third-order valence-electron chi connectivity index (χ3n) is 4.24. The Kier molecular flexibility index (Phi) is 6.22. The molecule has 0 spiro atoms. The predicted molar refractivity (Wildman–Crippen MR) is 98.9 cm³/mol. The minimum Gasteiger partial charge on any atom is -0.356 e. The molecule has 1 saturated heterocycles. The summed E-state index contributed by atoms with van der Waals surface area (Å²) in [5, 5.41) is 8.58. The molecule has 24 heavy (non-hydrogen) atoms. The maximum absolute atomic E-state index is 5.38. The molecule has 0 aliphatic carbocycles. The number of rotatable bonds is 7. The Morgan fingerprint density at radius 2 is 2.12 bits per heavy atom. The molecule has 1 fully saturated rings. The number of piperidine rings is 1. The first-order chi connectivity index (χ1) is 11.8. The smallest absolute Gasteiger partial charge is 0.229 e. The summed E-state index contributed by atoms with van der Waals surface area (Å²) in [6.45, 7) is 3.03. The van der Waals surface area contributed by atoms with E-state index < -0.39 is 0 Å². The molecule has 128 valence electrons. The topological polar surface area (TPSA) is 92.0 Å². The first-order valence-electron chi connectivity index (χ1n) is 8.19. The fourth-order valence-corrected chi connectivity index (χ4v) is 3.16. The van der Waals surface area contributed by atoms with Gasteiger partial charge >= 0.3 is 0 Å². The van der Waals surface area contributed by atoms with Gasteiger partial charge in [-0.3, -0.25) is 14.8 Å². The van der Waals surface area contributed by atoms with Crippen molar-refractivity contribution in [3.63, 3.8) is 0 Å². The van der Waals surface area contributed by atoms with E-state index in [-0.39, 0.29) is 0 Å². The van der Waals surface area contributed by atoms with Crippen molar-refractivity contribution in [1.29, 1.82) is 0 Å². The Morgan fingerprint density at radius 1 is 1.25 bits per heavy atom. The summed E-state index contributed by atoms with van der Waals surface area (Å²) >= 11 is 1.20. The van der Waals surface area contributed by atoms with Crippen LogP contribution in [0, 0.1) is 5.92 Å². The van der Waals surface area contributed by atoms with Crippen molar-refractivity contribution in [3.05, 3.63) is 36.8 Å². The molecular weight excluding hydrogens is 322 g/mol. The Labute approximate surface area is 146 Å². The molecule has 3 heterocycles. The maximum Gasteiger partial charge on any atom is 0.229 e. The highest BCUT2D eigenvalue weighted by Gasteiger charge is 2.20. The molecule has 0 aromatic carbocycles. The lowest BCUT2D eigenvalue weighted by atomic mass is 9.94. The lowest BCUT2D eigenvalue weighted by Gasteiger charge is -2.32. The SMILES string of the molecule is NSNCCC1CCN(c2ccnc(Nc3cccnc3)n2)CC1. The molecular formula is C16H23N7S. The number of nitrogens with two attached hydrogens (primary N) is 1. The molecule has 0 amide bonds. The van der Waals surface area contributed by atoms with E-state index in [0.717, 1.165) is 37.1 Å². The molecule has 2 aromatic heterocycles. The Hall–Kier alpha value is -1.90. The van der Waals surface area contributed by atoms with Crippen LogP contribution in [0.1, 0.15) is 19.3 Å². The summed E-state index contributed by atoms with van der Waals surface area (Å²) in [6, 6.07) is 5.80. The molecule has 7 nitrogen and oxygen atoms in total. The minimum atomic E-state index is 0.604. The van der Waals surface area contributed by atoms with Crippen molar-refractivity contribution in [1.82, 2.24) is 19.7 Å². The van der Waals surface area contributed by atoms with Crippen molar-refractivity contribution in [2.75, 3.05) is 29.9 Å². The van der Waals surface area contributed by atoms with Gasteiger partial charge < -0.3 is 10.2 Å². The van der Waals surface area contributed by atoms with Gasteiger partial charge in [0, 0.05) is 44.2 Å². The minimum absolute atomic E-state index is 0.604. The summed E-state index contributed by atoms with van der Waals surface area (Å²) in [6.07, 6.45) is 8.85. The summed E-state index contributed by atoms with van der Waals surface area (Å²) in [4.78, 5) is 15.4. The molecule has 0 unspecified atom stereocenters. The van der Waals surface area contributed by atoms with Crippen LogP contribution in [0.2, 0.25) is 0 Å². The van der Waals surface area contributed by atoms with E-state index >= 15 is 0 Å². The molecule has 8 heteroatoms. The number of anilines is 3. The highest BCUT2D eigenvalue weighted by molar-refractivity contribution is 7.95. The van der Waals surface area contributed by atoms with Crippen LogP contribution >= 0.6 is 12.1 Å². The van der Waals surface area contributed by atoms with Crippen LogP contribution in [0.15, 0.2) is 36.8 Å². The highest BCUT2D eigenvalue weighted by Crippen LogP contribution is 2.24. The van der Waals surface area contributed by atoms with Crippen LogP contribution in [0.5, 0.6) is 0 Å². The van der Waals surface area contributed by atoms with Crippen LogP contribution in [-0.2, 0) is 0 Å². The van der Waals surface area contributed by atoms with Gasteiger partial charge in [-0.05, 0) is 43.4 Å². The van der Waals surface area contributed by atoms with Crippen molar-refractivity contribution < 1.29 is 0 Å². The number of pyridine rings is 1. The third kappa shape index (κ3) is 4.80. The van der Waals surface area contributed by atoms with Gasteiger partial charge in [0.05, 0.1) is 11.9 Å². The first kappa shape index (κ1) is 16.9. The van der Waals surface area contributed by atoms with E-state index in [0.29, 0.717) is 5.95 Å². The summed E-state index contributed by atoms with van der Waals surface area (Å²) in [5.41, 5.74) is 0.888. The third-order valence-corrected chi connectivity index (χ3v) is 4.61. The van der Waals surface area contributed by atoms with Crippen LogP contribution in [0.4, 0.5) is 17.5 Å². The van der Waals surface area contributed by atoms with E-state index in [1.807, 2.05) is 18.2 Å². The van der Waals surface area contributed by atoms with E-state index in [1.54, 1.807) is 18.6 Å². The fourth-order valence-electron chi connectivity index (χ4n) is 2.92. The van der Waals surface area contributed by atoms with Crippen LogP contribution in [0.3, 0.4) is 0 Å². The van der Waals surface area contributed by atoms with Gasteiger partial charge in [0.1, 0.15) is 5.82 Å². The number of hydrogen-bond acceptors (Lipinski definition) is 8. The molecule has 3 rings (SSSR count). The van der Waals surface area contributed by atoms with Crippen molar-refractivity contribution in [2.24, 2.45) is 11.1 Å². The molecule has 2 aromatic rings. The van der Waals surface area contributed by atoms with Crippen molar-refractivity contribution in [2.45, 2.75) is 19.3 Å². The summed E-state index contributed by atoms with van der Waals surface area (Å²) in [5.74, 6) is 2.34. The molecule has 0 atom stereocenters. The zero-order valence-corrected chi connectivity index (χ0v) is 14.4. The first-order valence-corrected chi connectivity index (χ1v) is 9.07. The Bertz CT molecular complexity index is 617. The quantitative estimate of drug-likeness (QED) is 0.520. The molecule has 0 radical (unpaired) electrons. The molecule has 1 aliphatic rings. The zero-order chi connectivity index (χ0) is 16.6. The van der Waals surface area contributed by atoms with E-state index in [4.69, 9.17) is 5.14 Å². The number of hydrogen-bond donors (Lipinski definition) is 3. The fraction of sp³-hybridized carbons (Fsp3) is 0.438. The summed E-state index contributed by atoms with van der Waals surface area (Å²) in [7, 11) is 0. The van der Waals surface area contributed by atoms with Gasteiger partial charge in [-0.2, -0.15) is 4.98 Å². The normalized spacial score (nSPS) is 15.5. The predicted octanol–water partition coefficient (Wildman–Crippen LogP) is 2.33. The molecule has 0 bridgehead atoms. The van der Waals surface area contributed by atoms with Gasteiger partial charge in [-0.1, -0.05) is 0 Å². The Morgan fingerprint density at radius 3 is 2.88 bits per heavy atom. The van der Waals surface area contributed by atoms with Crippen LogP contribution in [0.25, 0.3) is 0 Å².